The predicted octanol–water partition coefficient (Wildman–Crippen LogP) is 3.90. The van der Waals surface area contributed by atoms with Crippen LogP contribution in [0, 0.1) is 5.92 Å². The first kappa shape index (κ1) is 20.1. The number of esters is 2. The molecule has 1 amide bonds. The molecule has 7 heteroatoms. The number of carbonyl (C=O) groups excluding carboxylic acids is 3. The minimum absolute atomic E-state index is 0.414. The Hall–Kier alpha value is -2.67. The number of thiophene rings is 1. The van der Waals surface area contributed by atoms with Gasteiger partial charge in [0.2, 0.25) is 6.10 Å². The average Bonchev–Trinajstić information content (AvgIpc) is 3.02. The summed E-state index contributed by atoms with van der Waals surface area (Å²) in [6.45, 7) is 3.43. The highest BCUT2D eigenvalue weighted by molar-refractivity contribution is 7.17. The minimum Gasteiger partial charge on any atom is -0.465 e. The number of rotatable bonds is 5. The highest BCUT2D eigenvalue weighted by Crippen LogP contribution is 2.40. The van der Waals surface area contributed by atoms with Gasteiger partial charge in [-0.1, -0.05) is 37.3 Å². The third-order valence-electron chi connectivity index (χ3n) is 4.76. The molecule has 1 aromatic heterocycles. The molecule has 148 valence electrons. The van der Waals surface area contributed by atoms with Crippen molar-refractivity contribution in [1.82, 2.24) is 0 Å². The first-order valence-electron chi connectivity index (χ1n) is 9.16. The molecule has 1 aliphatic carbocycles. The van der Waals surface area contributed by atoms with E-state index in [1.165, 1.54) is 25.4 Å². The molecule has 6 nitrogen and oxygen atoms in total. The van der Waals surface area contributed by atoms with Gasteiger partial charge < -0.3 is 14.8 Å². The Morgan fingerprint density at radius 1 is 1.21 bits per heavy atom. The van der Waals surface area contributed by atoms with Gasteiger partial charge in [-0.15, -0.1) is 11.3 Å². The molecule has 2 aromatic rings. The summed E-state index contributed by atoms with van der Waals surface area (Å²) in [6, 6.07) is 8.79. The van der Waals surface area contributed by atoms with Crippen molar-refractivity contribution in [3.8, 4) is 0 Å². The van der Waals surface area contributed by atoms with Gasteiger partial charge in [-0.2, -0.15) is 0 Å². The van der Waals surface area contributed by atoms with Crippen molar-refractivity contribution >= 4 is 34.2 Å². The third-order valence-corrected chi connectivity index (χ3v) is 5.93. The Balaban J connectivity index is 1.94. The Morgan fingerprint density at radius 3 is 2.57 bits per heavy atom. The molecule has 0 saturated carbocycles. The number of amides is 1. The third kappa shape index (κ3) is 4.25. The van der Waals surface area contributed by atoms with Crippen LogP contribution in [0.2, 0.25) is 0 Å². The van der Waals surface area contributed by atoms with Crippen LogP contribution in [-0.4, -0.2) is 25.0 Å². The summed E-state index contributed by atoms with van der Waals surface area (Å²) in [5.74, 6) is -1.00. The summed E-state index contributed by atoms with van der Waals surface area (Å²) in [5.41, 5.74) is 1.93. The van der Waals surface area contributed by atoms with Crippen LogP contribution >= 0.6 is 11.3 Å². The van der Waals surface area contributed by atoms with Gasteiger partial charge in [0.25, 0.3) is 5.91 Å². The number of hydrogen-bond donors (Lipinski definition) is 1. The van der Waals surface area contributed by atoms with E-state index in [1.54, 1.807) is 24.3 Å². The smallest absolute Gasteiger partial charge is 0.341 e. The summed E-state index contributed by atoms with van der Waals surface area (Å²) in [7, 11) is 1.33. The maximum Gasteiger partial charge on any atom is 0.341 e. The lowest BCUT2D eigenvalue weighted by Gasteiger charge is -2.18. The van der Waals surface area contributed by atoms with E-state index in [2.05, 4.69) is 12.2 Å². The fraction of sp³-hybridized carbons (Fsp3) is 0.381. The molecule has 0 fully saturated rings. The molecule has 0 saturated heterocycles. The Bertz CT molecular complexity index is 890. The van der Waals surface area contributed by atoms with Gasteiger partial charge >= 0.3 is 11.9 Å². The second-order valence-electron chi connectivity index (χ2n) is 6.94. The van der Waals surface area contributed by atoms with E-state index in [0.717, 1.165) is 29.7 Å². The van der Waals surface area contributed by atoms with Gasteiger partial charge in [0.05, 0.1) is 12.7 Å². The molecule has 0 bridgehead atoms. The quantitative estimate of drug-likeness (QED) is 0.769. The Labute approximate surface area is 167 Å². The lowest BCUT2D eigenvalue weighted by atomic mass is 9.88. The van der Waals surface area contributed by atoms with Crippen LogP contribution in [0.3, 0.4) is 0 Å². The van der Waals surface area contributed by atoms with Crippen molar-refractivity contribution in [3.05, 3.63) is 51.9 Å². The van der Waals surface area contributed by atoms with E-state index in [0.29, 0.717) is 22.0 Å². The van der Waals surface area contributed by atoms with Crippen molar-refractivity contribution in [3.63, 3.8) is 0 Å². The van der Waals surface area contributed by atoms with E-state index in [-0.39, 0.29) is 0 Å². The standard InChI is InChI=1S/C21H23NO5S/c1-12-9-10-15-16(11-12)28-20(17(15)21(25)26-3)22-19(24)18(27-13(2)23)14-7-5-4-6-8-14/h4-8,12,18H,9-11H2,1-3H3,(H,22,24)/t12-,18+/m0/s1. The first-order chi connectivity index (χ1) is 13.4. The molecule has 0 unspecified atom stereocenters. The average molecular weight is 401 g/mol. The van der Waals surface area contributed by atoms with Crippen molar-refractivity contribution in [2.75, 3.05) is 12.4 Å². The van der Waals surface area contributed by atoms with Crippen LogP contribution in [0.4, 0.5) is 5.00 Å². The lowest BCUT2D eigenvalue weighted by Crippen LogP contribution is -2.25. The van der Waals surface area contributed by atoms with Gasteiger partial charge in [-0.05, 0) is 30.7 Å². The van der Waals surface area contributed by atoms with Crippen LogP contribution in [0.1, 0.15) is 52.7 Å². The van der Waals surface area contributed by atoms with Gasteiger partial charge in [-0.3, -0.25) is 9.59 Å². The molecule has 0 radical (unpaired) electrons. The van der Waals surface area contributed by atoms with E-state index in [9.17, 15) is 14.4 Å². The van der Waals surface area contributed by atoms with Crippen molar-refractivity contribution in [2.45, 2.75) is 39.2 Å². The highest BCUT2D eigenvalue weighted by Gasteiger charge is 2.31. The molecule has 0 aliphatic heterocycles. The van der Waals surface area contributed by atoms with E-state index < -0.39 is 23.9 Å². The zero-order valence-corrected chi connectivity index (χ0v) is 16.9. The zero-order valence-electron chi connectivity index (χ0n) is 16.1. The van der Waals surface area contributed by atoms with Crippen LogP contribution in [0.25, 0.3) is 0 Å². The van der Waals surface area contributed by atoms with Gasteiger partial charge in [0.15, 0.2) is 0 Å². The molecule has 1 aromatic carbocycles. The molecule has 3 rings (SSSR count). The SMILES string of the molecule is COC(=O)c1c(NC(=O)[C@H](OC(C)=O)c2ccccc2)sc2c1CC[C@H](C)C2. The molecule has 1 N–H and O–H groups in total. The fourth-order valence-corrected chi connectivity index (χ4v) is 4.80. The second-order valence-corrected chi connectivity index (χ2v) is 8.04. The van der Waals surface area contributed by atoms with Crippen LogP contribution < -0.4 is 5.32 Å². The van der Waals surface area contributed by atoms with Crippen LogP contribution in [0.15, 0.2) is 30.3 Å². The Morgan fingerprint density at radius 2 is 1.93 bits per heavy atom. The number of benzene rings is 1. The van der Waals surface area contributed by atoms with Crippen molar-refractivity contribution in [1.29, 1.82) is 0 Å². The van der Waals surface area contributed by atoms with Gasteiger partial charge in [0.1, 0.15) is 5.00 Å². The monoisotopic (exact) mass is 401 g/mol. The molecular weight excluding hydrogens is 378 g/mol. The fourth-order valence-electron chi connectivity index (χ4n) is 3.40. The van der Waals surface area contributed by atoms with Gasteiger partial charge in [0, 0.05) is 17.4 Å². The number of fused-ring (bicyclic) bond motifs is 1. The first-order valence-corrected chi connectivity index (χ1v) is 9.98. The number of nitrogens with one attached hydrogen (secondary N) is 1. The maximum atomic E-state index is 13.0. The summed E-state index contributed by atoms with van der Waals surface area (Å²) >= 11 is 1.40. The highest BCUT2D eigenvalue weighted by atomic mass is 32.1. The normalized spacial score (nSPS) is 16.6. The van der Waals surface area contributed by atoms with Crippen molar-refractivity contribution in [2.24, 2.45) is 5.92 Å². The largest absolute Gasteiger partial charge is 0.465 e. The van der Waals surface area contributed by atoms with E-state index >= 15 is 0 Å². The summed E-state index contributed by atoms with van der Waals surface area (Å²) in [4.78, 5) is 38.0. The Kier molecular flexibility index (Phi) is 6.14. The van der Waals surface area contributed by atoms with Crippen LogP contribution in [-0.2, 0) is 31.9 Å². The van der Waals surface area contributed by atoms with Gasteiger partial charge in [-0.25, -0.2) is 4.79 Å². The second kappa shape index (κ2) is 8.56. The minimum atomic E-state index is -1.10. The molecule has 2 atom stereocenters. The number of anilines is 1. The number of hydrogen-bond acceptors (Lipinski definition) is 6. The summed E-state index contributed by atoms with van der Waals surface area (Å²) < 4.78 is 10.2. The van der Waals surface area contributed by atoms with E-state index in [1.807, 2.05) is 6.07 Å². The number of carbonyl (C=O) groups is 3. The van der Waals surface area contributed by atoms with Crippen LogP contribution in [0.5, 0.6) is 0 Å². The van der Waals surface area contributed by atoms with E-state index in [4.69, 9.17) is 9.47 Å². The summed E-state index contributed by atoms with van der Waals surface area (Å²) in [6.07, 6.45) is 1.54. The molecule has 28 heavy (non-hydrogen) atoms. The maximum absolute atomic E-state index is 13.0. The molecule has 1 heterocycles. The topological polar surface area (TPSA) is 81.7 Å². The number of ether oxygens (including phenoxy) is 2. The predicted molar refractivity (Wildman–Crippen MR) is 106 cm³/mol. The lowest BCUT2D eigenvalue weighted by molar-refractivity contribution is -0.152. The summed E-state index contributed by atoms with van der Waals surface area (Å²) in [5, 5.41) is 3.25. The molecule has 1 aliphatic rings. The number of methoxy groups -OCH3 is 1. The van der Waals surface area contributed by atoms with Crippen molar-refractivity contribution < 1.29 is 23.9 Å². The molecular formula is C21H23NO5S. The zero-order chi connectivity index (χ0) is 20.3. The molecule has 0 spiro atoms.